The summed E-state index contributed by atoms with van der Waals surface area (Å²) in [6.07, 6.45) is 1.88. The Morgan fingerprint density at radius 2 is 1.83 bits per heavy atom. The topological polar surface area (TPSA) is 33.4 Å². The molecule has 4 nitrogen and oxygen atoms in total. The first-order valence-corrected chi connectivity index (χ1v) is 11.1. The van der Waals surface area contributed by atoms with Crippen LogP contribution in [0.5, 0.6) is 0 Å². The fourth-order valence-corrected chi connectivity index (χ4v) is 5.73. The highest BCUT2D eigenvalue weighted by Gasteiger charge is 2.44. The Morgan fingerprint density at radius 3 is 2.55 bits per heavy atom. The Labute approximate surface area is 176 Å². The Hall–Kier alpha value is -2.53. The molecule has 0 unspecified atom stereocenters. The maximum Gasteiger partial charge on any atom is 0.160 e. The van der Waals surface area contributed by atoms with Crippen LogP contribution in [0.3, 0.4) is 0 Å². The van der Waals surface area contributed by atoms with Crippen molar-refractivity contribution < 1.29 is 0 Å². The number of hydrogen-bond donors (Lipinski definition) is 0. The van der Waals surface area contributed by atoms with E-state index in [4.69, 9.17) is 4.99 Å². The summed E-state index contributed by atoms with van der Waals surface area (Å²) in [4.78, 5) is 12.3. The van der Waals surface area contributed by atoms with Crippen molar-refractivity contribution in [3.05, 3.63) is 82.9 Å². The molecule has 3 aromatic rings. The summed E-state index contributed by atoms with van der Waals surface area (Å²) in [5, 5.41) is 1.74. The minimum atomic E-state index is 0.0400. The molecule has 0 bridgehead atoms. The van der Waals surface area contributed by atoms with E-state index in [1.54, 1.807) is 0 Å². The SMILES string of the molecule is Cc1ccc(-n2c(C)cc([C@@H]3[C@H](c4ccccn4)N=C4S[C@H](C)CN43)c2C)cc1. The van der Waals surface area contributed by atoms with Crippen molar-refractivity contribution in [3.63, 3.8) is 0 Å². The van der Waals surface area contributed by atoms with Crippen LogP contribution in [0.4, 0.5) is 0 Å². The Kier molecular flexibility index (Phi) is 4.50. The zero-order valence-corrected chi connectivity index (χ0v) is 18.1. The monoisotopic (exact) mass is 402 g/mol. The summed E-state index contributed by atoms with van der Waals surface area (Å²) in [6.45, 7) is 9.89. The van der Waals surface area contributed by atoms with Crippen molar-refractivity contribution >= 4 is 16.9 Å². The van der Waals surface area contributed by atoms with Gasteiger partial charge in [0.15, 0.2) is 5.17 Å². The number of rotatable bonds is 3. The molecule has 3 atom stereocenters. The molecule has 1 aromatic carbocycles. The lowest BCUT2D eigenvalue weighted by atomic mass is 9.96. The number of pyridine rings is 1. The predicted octanol–water partition coefficient (Wildman–Crippen LogP) is 5.39. The number of fused-ring (bicyclic) bond motifs is 1. The molecule has 29 heavy (non-hydrogen) atoms. The van der Waals surface area contributed by atoms with Crippen LogP contribution in [0.25, 0.3) is 5.69 Å². The molecule has 0 amide bonds. The fourth-order valence-electron chi connectivity index (χ4n) is 4.63. The second-order valence-corrected chi connectivity index (χ2v) is 9.54. The first-order chi connectivity index (χ1) is 14.0. The van der Waals surface area contributed by atoms with Gasteiger partial charge in [-0.15, -0.1) is 0 Å². The van der Waals surface area contributed by atoms with Gasteiger partial charge in [0.05, 0.1) is 11.7 Å². The number of aryl methyl sites for hydroxylation is 2. The van der Waals surface area contributed by atoms with E-state index in [0.717, 1.165) is 12.2 Å². The van der Waals surface area contributed by atoms with Crippen LogP contribution in [0, 0.1) is 20.8 Å². The van der Waals surface area contributed by atoms with Crippen LogP contribution in [-0.2, 0) is 0 Å². The molecule has 0 saturated carbocycles. The average Bonchev–Trinajstić information content (AvgIpc) is 3.33. The van der Waals surface area contributed by atoms with Crippen LogP contribution < -0.4 is 0 Å². The number of amidine groups is 1. The number of benzene rings is 1. The van der Waals surface area contributed by atoms with E-state index >= 15 is 0 Å². The molecule has 148 valence electrons. The molecular weight excluding hydrogens is 376 g/mol. The molecular formula is C24H26N4S. The smallest absolute Gasteiger partial charge is 0.160 e. The summed E-state index contributed by atoms with van der Waals surface area (Å²) >= 11 is 1.89. The fraction of sp³-hybridized carbons (Fsp3) is 0.333. The maximum absolute atomic E-state index is 5.13. The van der Waals surface area contributed by atoms with E-state index in [0.29, 0.717) is 5.25 Å². The quantitative estimate of drug-likeness (QED) is 0.589. The highest BCUT2D eigenvalue weighted by Crippen LogP contribution is 2.48. The Balaban J connectivity index is 1.62. The molecule has 5 rings (SSSR count). The van der Waals surface area contributed by atoms with Crippen LogP contribution in [0.15, 0.2) is 59.7 Å². The highest BCUT2D eigenvalue weighted by atomic mass is 32.2. The van der Waals surface area contributed by atoms with Crippen molar-refractivity contribution in [3.8, 4) is 5.69 Å². The van der Waals surface area contributed by atoms with E-state index in [1.165, 1.54) is 33.4 Å². The molecule has 0 spiro atoms. The predicted molar refractivity (Wildman–Crippen MR) is 121 cm³/mol. The van der Waals surface area contributed by atoms with E-state index in [-0.39, 0.29) is 12.1 Å². The van der Waals surface area contributed by atoms with Gasteiger partial charge >= 0.3 is 0 Å². The molecule has 4 heterocycles. The van der Waals surface area contributed by atoms with Gasteiger partial charge in [-0.05, 0) is 56.7 Å². The van der Waals surface area contributed by atoms with Gasteiger partial charge in [0, 0.05) is 35.1 Å². The van der Waals surface area contributed by atoms with E-state index < -0.39 is 0 Å². The standard InChI is InChI=1S/C24H26N4S/c1-15-8-10-19(11-9-15)28-16(2)13-20(18(28)4)23-22(21-7-5-6-12-25-21)26-24-27(23)14-17(3)29-24/h5-13,17,22-23H,14H2,1-4H3/t17-,22+,23-/m1/s1. The number of aromatic nitrogens is 2. The van der Waals surface area contributed by atoms with Gasteiger partial charge in [0.1, 0.15) is 6.04 Å². The first kappa shape index (κ1) is 18.5. The maximum atomic E-state index is 5.13. The highest BCUT2D eigenvalue weighted by molar-refractivity contribution is 8.14. The molecule has 2 aliphatic rings. The lowest BCUT2D eigenvalue weighted by Gasteiger charge is -2.27. The van der Waals surface area contributed by atoms with Crippen molar-refractivity contribution in [2.24, 2.45) is 4.99 Å². The van der Waals surface area contributed by atoms with Crippen LogP contribution in [-0.4, -0.2) is 31.4 Å². The summed E-state index contributed by atoms with van der Waals surface area (Å²) in [5.74, 6) is 0. The number of nitrogens with zero attached hydrogens (tertiary/aromatic N) is 4. The van der Waals surface area contributed by atoms with Crippen molar-refractivity contribution in [1.29, 1.82) is 0 Å². The lowest BCUT2D eigenvalue weighted by Crippen LogP contribution is -2.28. The zero-order valence-electron chi connectivity index (χ0n) is 17.3. The van der Waals surface area contributed by atoms with Crippen LogP contribution in [0.2, 0.25) is 0 Å². The minimum Gasteiger partial charge on any atom is -0.341 e. The molecule has 1 saturated heterocycles. The molecule has 0 aliphatic carbocycles. The largest absolute Gasteiger partial charge is 0.341 e. The van der Waals surface area contributed by atoms with Gasteiger partial charge in [0.2, 0.25) is 0 Å². The molecule has 2 aromatic heterocycles. The normalized spacial score (nSPS) is 23.4. The summed E-state index contributed by atoms with van der Waals surface area (Å²) < 4.78 is 2.37. The number of aliphatic imine (C=N–C) groups is 1. The zero-order chi connectivity index (χ0) is 20.1. The molecule has 0 radical (unpaired) electrons. The van der Waals surface area contributed by atoms with Gasteiger partial charge < -0.3 is 9.47 Å². The third kappa shape index (κ3) is 3.08. The number of hydrogen-bond acceptors (Lipinski definition) is 4. The van der Waals surface area contributed by atoms with E-state index in [2.05, 4.69) is 84.6 Å². The Morgan fingerprint density at radius 1 is 1.03 bits per heavy atom. The van der Waals surface area contributed by atoms with Crippen molar-refractivity contribution in [2.45, 2.75) is 45.0 Å². The minimum absolute atomic E-state index is 0.0400. The first-order valence-electron chi connectivity index (χ1n) is 10.2. The third-order valence-corrected chi connectivity index (χ3v) is 7.06. The second kappa shape index (κ2) is 7.06. The van der Waals surface area contributed by atoms with Gasteiger partial charge in [-0.3, -0.25) is 9.98 Å². The summed E-state index contributed by atoms with van der Waals surface area (Å²) in [6, 6.07) is 17.5. The molecule has 1 fully saturated rings. The molecule has 5 heteroatoms. The van der Waals surface area contributed by atoms with Crippen LogP contribution >= 0.6 is 11.8 Å². The molecule has 2 aliphatic heterocycles. The second-order valence-electron chi connectivity index (χ2n) is 8.13. The summed E-state index contributed by atoms with van der Waals surface area (Å²) in [7, 11) is 0. The summed E-state index contributed by atoms with van der Waals surface area (Å²) in [5.41, 5.74) is 7.45. The number of thioether (sulfide) groups is 1. The van der Waals surface area contributed by atoms with E-state index in [1.807, 2.05) is 24.0 Å². The van der Waals surface area contributed by atoms with Crippen molar-refractivity contribution in [2.75, 3.05) is 6.54 Å². The van der Waals surface area contributed by atoms with Gasteiger partial charge in [-0.1, -0.05) is 42.4 Å². The Bertz CT molecular complexity index is 1070. The van der Waals surface area contributed by atoms with E-state index in [9.17, 15) is 0 Å². The third-order valence-electron chi connectivity index (χ3n) is 5.96. The van der Waals surface area contributed by atoms with Gasteiger partial charge in [0.25, 0.3) is 0 Å². The molecule has 0 N–H and O–H groups in total. The van der Waals surface area contributed by atoms with Gasteiger partial charge in [-0.2, -0.15) is 0 Å². The van der Waals surface area contributed by atoms with Crippen molar-refractivity contribution in [1.82, 2.24) is 14.5 Å². The van der Waals surface area contributed by atoms with Gasteiger partial charge in [-0.25, -0.2) is 0 Å². The average molecular weight is 403 g/mol. The lowest BCUT2D eigenvalue weighted by molar-refractivity contribution is 0.320. The van der Waals surface area contributed by atoms with Crippen LogP contribution in [0.1, 0.15) is 47.2 Å².